The van der Waals surface area contributed by atoms with Crippen LogP contribution in [0.4, 0.5) is 0 Å². The van der Waals surface area contributed by atoms with Gasteiger partial charge in [0.25, 0.3) is 5.88 Å². The van der Waals surface area contributed by atoms with Gasteiger partial charge in [0.05, 0.1) is 5.52 Å². The third kappa shape index (κ3) is 2.19. The Bertz CT molecular complexity index is 507. The second-order valence-electron chi connectivity index (χ2n) is 2.98. The molecule has 0 aliphatic carbocycles. The zero-order valence-electron chi connectivity index (χ0n) is 8.12. The zero-order valence-corrected chi connectivity index (χ0v) is 8.12. The van der Waals surface area contributed by atoms with E-state index in [1.807, 2.05) is 30.3 Å². The van der Waals surface area contributed by atoms with Crippen LogP contribution < -0.4 is 4.84 Å². The van der Waals surface area contributed by atoms with Crippen LogP contribution in [0.3, 0.4) is 0 Å². The molecule has 0 amide bonds. The van der Waals surface area contributed by atoms with E-state index < -0.39 is 0 Å². The Kier molecular flexibility index (Phi) is 2.45. The zero-order chi connectivity index (χ0) is 10.7. The van der Waals surface area contributed by atoms with Crippen molar-refractivity contribution >= 4 is 10.9 Å². The summed E-state index contributed by atoms with van der Waals surface area (Å²) in [4.78, 5) is 9.30. The number of pyridine rings is 1. The van der Waals surface area contributed by atoms with Gasteiger partial charge in [0.15, 0.2) is 7.05 Å². The van der Waals surface area contributed by atoms with E-state index >= 15 is 0 Å². The number of benzene rings is 1. The number of hydrogen-bond acceptors (Lipinski definition) is 4. The third-order valence-electron chi connectivity index (χ3n) is 1.82. The highest BCUT2D eigenvalue weighted by molar-refractivity contribution is 5.78. The van der Waals surface area contributed by atoms with Crippen molar-refractivity contribution < 1.29 is 9.70 Å². The number of nitrogens with zero attached hydrogens (tertiary/aromatic N) is 3. The van der Waals surface area contributed by atoms with Crippen LogP contribution >= 0.6 is 0 Å². The number of aromatic nitrogens is 1. The predicted octanol–water partition coefficient (Wildman–Crippen LogP) is 2.12. The van der Waals surface area contributed by atoms with Gasteiger partial charge in [0, 0.05) is 11.5 Å². The van der Waals surface area contributed by atoms with Gasteiger partial charge in [-0.15, -0.1) is 0 Å². The number of rotatable bonds is 2. The van der Waals surface area contributed by atoms with Crippen LogP contribution in [0.25, 0.3) is 10.9 Å². The molecule has 1 aromatic carbocycles. The van der Waals surface area contributed by atoms with Gasteiger partial charge in [0.2, 0.25) is 5.28 Å². The molecule has 0 atom stereocenters. The van der Waals surface area contributed by atoms with E-state index in [1.165, 1.54) is 7.05 Å². The molecule has 1 heterocycles. The smallest absolute Gasteiger partial charge is 0.255 e. The maximum Gasteiger partial charge on any atom is 0.255 e. The molecule has 0 aliphatic heterocycles. The Morgan fingerprint density at radius 2 is 2.07 bits per heavy atom. The van der Waals surface area contributed by atoms with Crippen molar-refractivity contribution in [2.45, 2.75) is 0 Å². The fourth-order valence-electron chi connectivity index (χ4n) is 1.20. The van der Waals surface area contributed by atoms with Gasteiger partial charge in [-0.3, -0.25) is 4.84 Å². The summed E-state index contributed by atoms with van der Waals surface area (Å²) >= 11 is 0. The highest BCUT2D eigenvalue weighted by atomic mass is 16.7. The van der Waals surface area contributed by atoms with Crippen LogP contribution in [-0.2, 0) is 0 Å². The lowest BCUT2D eigenvalue weighted by molar-refractivity contribution is -0.522. The van der Waals surface area contributed by atoms with Crippen molar-refractivity contribution in [2.24, 2.45) is 5.28 Å². The van der Waals surface area contributed by atoms with Crippen molar-refractivity contribution in [3.63, 3.8) is 0 Å². The highest BCUT2D eigenvalue weighted by Gasteiger charge is 1.99. The van der Waals surface area contributed by atoms with Gasteiger partial charge in [-0.05, 0) is 12.1 Å². The molecule has 0 fully saturated rings. The molecule has 2 aromatic rings. The average Bonchev–Trinajstić information content (AvgIpc) is 2.26. The lowest BCUT2D eigenvalue weighted by Crippen LogP contribution is -1.95. The van der Waals surface area contributed by atoms with Crippen molar-refractivity contribution in [2.75, 3.05) is 7.05 Å². The quantitative estimate of drug-likeness (QED) is 0.426. The number of hydroxylamine groups is 1. The highest BCUT2D eigenvalue weighted by Crippen LogP contribution is 2.15. The first-order chi connectivity index (χ1) is 7.25. The van der Waals surface area contributed by atoms with Gasteiger partial charge >= 0.3 is 0 Å². The second kappa shape index (κ2) is 3.91. The summed E-state index contributed by atoms with van der Waals surface area (Å²) in [5.41, 5.74) is 0.804. The number of para-hydroxylation sites is 1. The largest absolute Gasteiger partial charge is 0.598 e. The lowest BCUT2D eigenvalue weighted by Gasteiger charge is -1.98. The van der Waals surface area contributed by atoms with Crippen LogP contribution in [0.1, 0.15) is 0 Å². The third-order valence-corrected chi connectivity index (χ3v) is 1.82. The van der Waals surface area contributed by atoms with Crippen LogP contribution in [-0.4, -0.2) is 16.9 Å². The maximum absolute atomic E-state index is 10.5. The molecule has 1 aromatic heterocycles. The van der Waals surface area contributed by atoms with E-state index in [-0.39, 0.29) is 0 Å². The molecule has 76 valence electrons. The van der Waals surface area contributed by atoms with E-state index in [9.17, 15) is 5.21 Å². The summed E-state index contributed by atoms with van der Waals surface area (Å²) < 4.78 is 0. The minimum Gasteiger partial charge on any atom is -0.598 e. The summed E-state index contributed by atoms with van der Waals surface area (Å²) in [7, 11) is 1.24. The Hall–Kier alpha value is -2.17. The second-order valence-corrected chi connectivity index (χ2v) is 2.98. The number of hydrogen-bond donors (Lipinski definition) is 0. The Balaban J connectivity index is 2.34. The molecule has 15 heavy (non-hydrogen) atoms. The first kappa shape index (κ1) is 9.39. The monoisotopic (exact) mass is 203 g/mol. The molecule has 2 rings (SSSR count). The molecular weight excluding hydrogens is 194 g/mol. The fourth-order valence-corrected chi connectivity index (χ4v) is 1.20. The van der Waals surface area contributed by atoms with Crippen molar-refractivity contribution in [3.05, 3.63) is 41.6 Å². The first-order valence-corrected chi connectivity index (χ1v) is 4.40. The summed E-state index contributed by atoms with van der Waals surface area (Å²) in [5, 5.41) is 14.7. The van der Waals surface area contributed by atoms with Gasteiger partial charge in [-0.1, -0.05) is 23.1 Å². The molecule has 5 heteroatoms. The Labute approximate surface area is 86.2 Å². The van der Waals surface area contributed by atoms with E-state index in [1.54, 1.807) is 6.07 Å². The molecular formula is C10H9N3O2. The molecule has 0 radical (unpaired) electrons. The SMILES string of the molecule is C[N+]([O-])=NOc1ccc2ccccc2n1. The molecule has 0 aliphatic rings. The molecule has 5 nitrogen and oxygen atoms in total. The van der Waals surface area contributed by atoms with Crippen LogP contribution in [0.2, 0.25) is 0 Å². The summed E-state index contributed by atoms with van der Waals surface area (Å²) in [5.74, 6) is 0.302. The summed E-state index contributed by atoms with van der Waals surface area (Å²) in [6, 6.07) is 11.1. The van der Waals surface area contributed by atoms with Crippen molar-refractivity contribution in [1.29, 1.82) is 0 Å². The molecule has 0 N–H and O–H groups in total. The predicted molar refractivity (Wildman–Crippen MR) is 54.4 cm³/mol. The van der Waals surface area contributed by atoms with Crippen LogP contribution in [0.15, 0.2) is 41.7 Å². The van der Waals surface area contributed by atoms with Crippen molar-refractivity contribution in [1.82, 2.24) is 4.98 Å². The fraction of sp³-hybridized carbons (Fsp3) is 0.100. The summed E-state index contributed by atoms with van der Waals surface area (Å²) in [6.07, 6.45) is 0. The Morgan fingerprint density at radius 1 is 1.27 bits per heavy atom. The Morgan fingerprint density at radius 3 is 2.87 bits per heavy atom. The van der Waals surface area contributed by atoms with E-state index in [2.05, 4.69) is 10.3 Å². The molecule has 0 saturated carbocycles. The lowest BCUT2D eigenvalue weighted by atomic mass is 10.2. The minimum atomic E-state index is 0.302. The van der Waals surface area contributed by atoms with E-state index in [0.29, 0.717) is 10.7 Å². The summed E-state index contributed by atoms with van der Waals surface area (Å²) in [6.45, 7) is 0. The molecule has 0 unspecified atom stereocenters. The normalized spacial score (nSPS) is 11.7. The average molecular weight is 203 g/mol. The topological polar surface area (TPSA) is 60.5 Å². The maximum atomic E-state index is 10.5. The van der Waals surface area contributed by atoms with Crippen molar-refractivity contribution in [3.8, 4) is 5.88 Å². The van der Waals surface area contributed by atoms with Gasteiger partial charge in [-0.2, -0.15) is 0 Å². The van der Waals surface area contributed by atoms with Gasteiger partial charge < -0.3 is 5.21 Å². The minimum absolute atomic E-state index is 0.302. The number of fused-ring (bicyclic) bond motifs is 1. The standard InChI is InChI=1S/C10H9N3O2/c1-13(14)12-15-10-7-6-8-4-2-3-5-9(8)11-10/h2-7H,1H3. The van der Waals surface area contributed by atoms with Crippen LogP contribution in [0, 0.1) is 5.21 Å². The van der Waals surface area contributed by atoms with Gasteiger partial charge in [0.1, 0.15) is 0 Å². The molecule has 0 saturated heterocycles. The van der Waals surface area contributed by atoms with E-state index in [0.717, 1.165) is 10.9 Å². The molecule has 0 spiro atoms. The van der Waals surface area contributed by atoms with Crippen LogP contribution in [0.5, 0.6) is 5.88 Å². The van der Waals surface area contributed by atoms with E-state index in [4.69, 9.17) is 4.84 Å². The van der Waals surface area contributed by atoms with Gasteiger partial charge in [-0.25, -0.2) is 4.98 Å². The molecule has 0 bridgehead atoms. The first-order valence-electron chi connectivity index (χ1n) is 4.40.